The van der Waals surface area contributed by atoms with E-state index in [1.54, 1.807) is 6.08 Å². The van der Waals surface area contributed by atoms with Crippen LogP contribution in [0.1, 0.15) is 17.5 Å². The van der Waals surface area contributed by atoms with Crippen LogP contribution in [0.25, 0.3) is 5.57 Å². The highest BCUT2D eigenvalue weighted by Gasteiger charge is 2.31. The van der Waals surface area contributed by atoms with Gasteiger partial charge < -0.3 is 4.74 Å². The molecule has 17 heavy (non-hydrogen) atoms. The van der Waals surface area contributed by atoms with Crippen molar-refractivity contribution in [3.63, 3.8) is 0 Å². The Balaban J connectivity index is 2.35. The van der Waals surface area contributed by atoms with Gasteiger partial charge >= 0.3 is 6.18 Å². The molecule has 0 unspecified atom stereocenters. The van der Waals surface area contributed by atoms with Crippen molar-refractivity contribution in [2.45, 2.75) is 12.6 Å². The molecule has 1 aromatic carbocycles. The van der Waals surface area contributed by atoms with E-state index in [9.17, 15) is 17.6 Å². The standard InChI is InChI=1S/C12H10F4O/c13-11-7-9(12(14,15)16)1-2-10(11)8-3-5-17-6-4-8/h1-3,7H,4-6H2. The van der Waals surface area contributed by atoms with Crippen LogP contribution in [0.2, 0.25) is 0 Å². The summed E-state index contributed by atoms with van der Waals surface area (Å²) in [4.78, 5) is 0. The van der Waals surface area contributed by atoms with Crippen LogP contribution in [0.4, 0.5) is 17.6 Å². The molecular weight excluding hydrogens is 236 g/mol. The second kappa shape index (κ2) is 4.49. The fourth-order valence-electron chi connectivity index (χ4n) is 1.72. The molecule has 1 heterocycles. The molecule has 0 N–H and O–H groups in total. The monoisotopic (exact) mass is 246 g/mol. The molecular formula is C12H10F4O. The van der Waals surface area contributed by atoms with Crippen molar-refractivity contribution in [1.82, 2.24) is 0 Å². The van der Waals surface area contributed by atoms with E-state index >= 15 is 0 Å². The van der Waals surface area contributed by atoms with Gasteiger partial charge in [0.1, 0.15) is 5.82 Å². The summed E-state index contributed by atoms with van der Waals surface area (Å²) in [6.07, 6.45) is -2.30. The third-order valence-corrected chi connectivity index (χ3v) is 2.61. The molecule has 0 radical (unpaired) electrons. The average molecular weight is 246 g/mol. The average Bonchev–Trinajstić information content (AvgIpc) is 2.29. The molecule has 0 amide bonds. The molecule has 0 saturated heterocycles. The number of hydrogen-bond donors (Lipinski definition) is 0. The molecule has 2 rings (SSSR count). The number of rotatable bonds is 1. The largest absolute Gasteiger partial charge is 0.416 e. The third kappa shape index (κ3) is 2.66. The quantitative estimate of drug-likeness (QED) is 0.687. The summed E-state index contributed by atoms with van der Waals surface area (Å²) in [6, 6.07) is 2.61. The van der Waals surface area contributed by atoms with Gasteiger partial charge in [0.25, 0.3) is 0 Å². The lowest BCUT2D eigenvalue weighted by atomic mass is 9.99. The van der Waals surface area contributed by atoms with Crippen LogP contribution in [-0.4, -0.2) is 13.2 Å². The SMILES string of the molecule is Fc1cc(C(F)(F)F)ccc1C1=CCOCC1. The summed E-state index contributed by atoms with van der Waals surface area (Å²) in [5, 5.41) is 0. The van der Waals surface area contributed by atoms with Crippen molar-refractivity contribution in [2.24, 2.45) is 0 Å². The van der Waals surface area contributed by atoms with Gasteiger partial charge in [0.2, 0.25) is 0 Å². The maximum absolute atomic E-state index is 13.6. The Morgan fingerprint density at radius 3 is 2.47 bits per heavy atom. The number of hydrogen-bond acceptors (Lipinski definition) is 1. The van der Waals surface area contributed by atoms with Crippen LogP contribution in [0, 0.1) is 5.82 Å². The molecule has 0 aromatic heterocycles. The fraction of sp³-hybridized carbons (Fsp3) is 0.333. The minimum absolute atomic E-state index is 0.223. The van der Waals surface area contributed by atoms with Crippen molar-refractivity contribution >= 4 is 5.57 Å². The van der Waals surface area contributed by atoms with Crippen molar-refractivity contribution in [3.05, 3.63) is 41.2 Å². The summed E-state index contributed by atoms with van der Waals surface area (Å²) in [6.45, 7) is 0.835. The second-order valence-electron chi connectivity index (χ2n) is 3.75. The molecule has 1 nitrogen and oxygen atoms in total. The van der Waals surface area contributed by atoms with Gasteiger partial charge in [-0.1, -0.05) is 12.1 Å². The second-order valence-corrected chi connectivity index (χ2v) is 3.75. The first-order chi connectivity index (χ1) is 7.98. The van der Waals surface area contributed by atoms with E-state index in [4.69, 9.17) is 4.74 Å². The molecule has 1 aromatic rings. The summed E-state index contributed by atoms with van der Waals surface area (Å²) in [5.74, 6) is -0.840. The molecule has 0 spiro atoms. The molecule has 1 aliphatic rings. The summed E-state index contributed by atoms with van der Waals surface area (Å²) in [7, 11) is 0. The molecule has 5 heteroatoms. The van der Waals surface area contributed by atoms with Crippen LogP contribution in [0.5, 0.6) is 0 Å². The maximum Gasteiger partial charge on any atom is 0.416 e. The van der Waals surface area contributed by atoms with Gasteiger partial charge in [0.05, 0.1) is 18.8 Å². The van der Waals surface area contributed by atoms with Crippen molar-refractivity contribution in [1.29, 1.82) is 0 Å². The van der Waals surface area contributed by atoms with Gasteiger partial charge in [-0.05, 0) is 24.1 Å². The van der Waals surface area contributed by atoms with Crippen LogP contribution in [0.3, 0.4) is 0 Å². The van der Waals surface area contributed by atoms with E-state index in [-0.39, 0.29) is 5.56 Å². The molecule has 0 fully saturated rings. The normalized spacial score (nSPS) is 16.8. The Bertz CT molecular complexity index is 448. The first-order valence-electron chi connectivity index (χ1n) is 5.12. The van der Waals surface area contributed by atoms with Crippen molar-refractivity contribution in [3.8, 4) is 0 Å². The van der Waals surface area contributed by atoms with Crippen molar-refractivity contribution in [2.75, 3.05) is 13.2 Å². The highest BCUT2D eigenvalue weighted by molar-refractivity contribution is 5.67. The molecule has 0 saturated carbocycles. The summed E-state index contributed by atoms with van der Waals surface area (Å²) in [5.41, 5.74) is -0.0461. The highest BCUT2D eigenvalue weighted by atomic mass is 19.4. The topological polar surface area (TPSA) is 9.23 Å². The third-order valence-electron chi connectivity index (χ3n) is 2.61. The molecule has 1 aliphatic heterocycles. The van der Waals surface area contributed by atoms with Gasteiger partial charge in [-0.25, -0.2) is 4.39 Å². The van der Waals surface area contributed by atoms with Crippen LogP contribution in [0.15, 0.2) is 24.3 Å². The first-order valence-corrected chi connectivity index (χ1v) is 5.12. The van der Waals surface area contributed by atoms with Crippen LogP contribution >= 0.6 is 0 Å². The Labute approximate surface area is 95.7 Å². The predicted octanol–water partition coefficient (Wildman–Crippen LogP) is 3.65. The molecule has 0 atom stereocenters. The van der Waals surface area contributed by atoms with Gasteiger partial charge in [0, 0.05) is 5.56 Å². The lowest BCUT2D eigenvalue weighted by Gasteiger charge is -2.15. The Morgan fingerprint density at radius 1 is 1.18 bits per heavy atom. The van der Waals surface area contributed by atoms with E-state index in [0.29, 0.717) is 31.3 Å². The summed E-state index contributed by atoms with van der Waals surface area (Å²) >= 11 is 0. The van der Waals surface area contributed by atoms with Gasteiger partial charge in [-0.15, -0.1) is 0 Å². The molecule has 92 valence electrons. The zero-order valence-electron chi connectivity index (χ0n) is 8.85. The smallest absolute Gasteiger partial charge is 0.377 e. The van der Waals surface area contributed by atoms with E-state index < -0.39 is 17.6 Å². The minimum atomic E-state index is -4.51. The minimum Gasteiger partial charge on any atom is -0.377 e. The summed E-state index contributed by atoms with van der Waals surface area (Å²) < 4.78 is 55.7. The fourth-order valence-corrected chi connectivity index (χ4v) is 1.72. The molecule has 0 bridgehead atoms. The van der Waals surface area contributed by atoms with Gasteiger partial charge in [-0.2, -0.15) is 13.2 Å². The Hall–Kier alpha value is -1.36. The zero-order chi connectivity index (χ0) is 12.5. The predicted molar refractivity (Wildman–Crippen MR) is 54.8 cm³/mol. The van der Waals surface area contributed by atoms with E-state index in [1.165, 1.54) is 6.07 Å². The number of alkyl halides is 3. The number of ether oxygens (including phenoxy) is 1. The van der Waals surface area contributed by atoms with Crippen molar-refractivity contribution < 1.29 is 22.3 Å². The van der Waals surface area contributed by atoms with Gasteiger partial charge in [-0.3, -0.25) is 0 Å². The highest BCUT2D eigenvalue weighted by Crippen LogP contribution is 2.32. The van der Waals surface area contributed by atoms with Crippen LogP contribution < -0.4 is 0 Å². The van der Waals surface area contributed by atoms with Crippen LogP contribution in [-0.2, 0) is 10.9 Å². The first kappa shape index (κ1) is 12.1. The lowest BCUT2D eigenvalue weighted by molar-refractivity contribution is -0.137. The maximum atomic E-state index is 13.6. The molecule has 0 aliphatic carbocycles. The van der Waals surface area contributed by atoms with E-state index in [2.05, 4.69) is 0 Å². The van der Waals surface area contributed by atoms with E-state index in [1.807, 2.05) is 0 Å². The zero-order valence-corrected chi connectivity index (χ0v) is 8.85. The van der Waals surface area contributed by atoms with Gasteiger partial charge in [0.15, 0.2) is 0 Å². The lowest BCUT2D eigenvalue weighted by Crippen LogP contribution is -2.08. The number of benzene rings is 1. The Kier molecular flexibility index (Phi) is 3.19. The van der Waals surface area contributed by atoms with E-state index in [0.717, 1.165) is 6.07 Å². The Morgan fingerprint density at radius 2 is 1.94 bits per heavy atom. The number of halogens is 4.